The molecule has 1 N–H and O–H groups in total. The zero-order valence-electron chi connectivity index (χ0n) is 18.1. The summed E-state index contributed by atoms with van der Waals surface area (Å²) in [5.41, 5.74) is -2.01. The Hall–Kier alpha value is -2.35. The van der Waals surface area contributed by atoms with Gasteiger partial charge in [-0.05, 0) is 44.5 Å². The van der Waals surface area contributed by atoms with Crippen molar-refractivity contribution in [2.75, 3.05) is 0 Å². The molecule has 1 rings (SSSR count). The number of rotatable bonds is 5. The zero-order chi connectivity index (χ0) is 21.8. The lowest BCUT2D eigenvalue weighted by atomic mass is 9.91. The third-order valence-electron chi connectivity index (χ3n) is 4.76. The van der Waals surface area contributed by atoms with Crippen LogP contribution < -0.4 is 5.32 Å². The Labute approximate surface area is 169 Å². The molecular weight excluding hydrogens is 370 g/mol. The van der Waals surface area contributed by atoms with Crippen LogP contribution in [0.4, 0.5) is 4.79 Å². The molecule has 0 saturated carbocycles. The summed E-state index contributed by atoms with van der Waals surface area (Å²) in [4.78, 5) is 12.5. The van der Waals surface area contributed by atoms with Gasteiger partial charge in [0.2, 0.25) is 0 Å². The second kappa shape index (κ2) is 8.34. The molecular formula is C21H31N3O3Si. The van der Waals surface area contributed by atoms with Gasteiger partial charge in [-0.3, -0.25) is 0 Å². The lowest BCUT2D eigenvalue weighted by Crippen LogP contribution is -2.55. The van der Waals surface area contributed by atoms with Crippen molar-refractivity contribution in [1.82, 2.24) is 5.32 Å². The highest BCUT2D eigenvalue weighted by Crippen LogP contribution is 2.42. The van der Waals surface area contributed by atoms with E-state index in [0.29, 0.717) is 5.56 Å². The van der Waals surface area contributed by atoms with E-state index >= 15 is 0 Å². The molecule has 28 heavy (non-hydrogen) atoms. The summed E-state index contributed by atoms with van der Waals surface area (Å²) < 4.78 is 11.6. The highest BCUT2D eigenvalue weighted by Gasteiger charge is 2.51. The van der Waals surface area contributed by atoms with Crippen molar-refractivity contribution >= 4 is 14.4 Å². The Morgan fingerprint density at radius 1 is 1.04 bits per heavy atom. The van der Waals surface area contributed by atoms with E-state index in [0.717, 1.165) is 0 Å². The molecule has 0 aromatic heterocycles. The van der Waals surface area contributed by atoms with Crippen LogP contribution in [0.2, 0.25) is 18.1 Å². The molecule has 0 saturated heterocycles. The first-order chi connectivity index (χ1) is 12.7. The van der Waals surface area contributed by atoms with Crippen LogP contribution >= 0.6 is 0 Å². The van der Waals surface area contributed by atoms with Gasteiger partial charge in [0.05, 0.1) is 0 Å². The van der Waals surface area contributed by atoms with Crippen molar-refractivity contribution in [1.29, 1.82) is 10.5 Å². The third kappa shape index (κ3) is 5.82. The van der Waals surface area contributed by atoms with E-state index in [1.54, 1.807) is 45.0 Å². The van der Waals surface area contributed by atoms with E-state index in [2.05, 4.69) is 5.32 Å². The van der Waals surface area contributed by atoms with Gasteiger partial charge >= 0.3 is 6.09 Å². The number of nitrogens with one attached hydrogen (secondary N) is 1. The topological polar surface area (TPSA) is 95.1 Å². The summed E-state index contributed by atoms with van der Waals surface area (Å²) in [7, 11) is -2.51. The van der Waals surface area contributed by atoms with Crippen molar-refractivity contribution in [3.63, 3.8) is 0 Å². The van der Waals surface area contributed by atoms with Crippen LogP contribution in [0, 0.1) is 22.7 Å². The zero-order valence-corrected chi connectivity index (χ0v) is 19.1. The molecule has 1 amide bonds. The van der Waals surface area contributed by atoms with Gasteiger partial charge < -0.3 is 14.5 Å². The SMILES string of the molecule is CC(C)(C)OC(=O)N[C@H](c1ccccc1)C(C#N)(C#N)O[Si](C)(C)C(C)(C)C. The first-order valence-corrected chi connectivity index (χ1v) is 12.2. The third-order valence-corrected chi connectivity index (χ3v) is 9.20. The molecule has 0 radical (unpaired) electrons. The second-order valence-corrected chi connectivity index (χ2v) is 14.0. The number of nitrogens with zero attached hydrogens (tertiary/aromatic N) is 2. The fourth-order valence-corrected chi connectivity index (χ4v) is 3.63. The first kappa shape index (κ1) is 23.7. The lowest BCUT2D eigenvalue weighted by molar-refractivity contribution is 0.0411. The van der Waals surface area contributed by atoms with Crippen LogP contribution in [0.1, 0.15) is 53.1 Å². The predicted octanol–water partition coefficient (Wildman–Crippen LogP) is 5.06. The highest BCUT2D eigenvalue weighted by atomic mass is 28.4. The van der Waals surface area contributed by atoms with Gasteiger partial charge in [0.15, 0.2) is 8.32 Å². The Bertz CT molecular complexity index is 751. The van der Waals surface area contributed by atoms with Crippen LogP contribution in [0.15, 0.2) is 30.3 Å². The van der Waals surface area contributed by atoms with Crippen molar-refractivity contribution < 1.29 is 14.0 Å². The van der Waals surface area contributed by atoms with Gasteiger partial charge in [-0.2, -0.15) is 10.5 Å². The summed E-state index contributed by atoms with van der Waals surface area (Å²) in [6.45, 7) is 15.2. The average Bonchev–Trinajstić information content (AvgIpc) is 2.56. The predicted molar refractivity (Wildman–Crippen MR) is 111 cm³/mol. The quantitative estimate of drug-likeness (QED) is 0.696. The maximum atomic E-state index is 12.5. The van der Waals surface area contributed by atoms with Gasteiger partial charge in [-0.25, -0.2) is 4.79 Å². The number of ether oxygens (including phenoxy) is 1. The fourth-order valence-electron chi connectivity index (χ4n) is 2.30. The van der Waals surface area contributed by atoms with Gasteiger partial charge in [-0.15, -0.1) is 0 Å². The van der Waals surface area contributed by atoms with Gasteiger partial charge in [0.1, 0.15) is 23.8 Å². The van der Waals surface area contributed by atoms with Gasteiger partial charge in [0.25, 0.3) is 5.60 Å². The second-order valence-electron chi connectivity index (χ2n) is 9.31. The average molecular weight is 402 g/mol. The molecule has 0 heterocycles. The van der Waals surface area contributed by atoms with Crippen LogP contribution in [0.25, 0.3) is 0 Å². The van der Waals surface area contributed by atoms with Gasteiger partial charge in [0, 0.05) is 0 Å². The molecule has 6 nitrogen and oxygen atoms in total. The number of alkyl carbamates (subject to hydrolysis) is 1. The van der Waals surface area contributed by atoms with Crippen LogP contribution in [-0.2, 0) is 9.16 Å². The molecule has 0 unspecified atom stereocenters. The Morgan fingerprint density at radius 3 is 1.93 bits per heavy atom. The number of hydrogen-bond donors (Lipinski definition) is 1. The monoisotopic (exact) mass is 401 g/mol. The fraction of sp³-hybridized carbons (Fsp3) is 0.571. The van der Waals surface area contributed by atoms with E-state index < -0.39 is 31.7 Å². The van der Waals surface area contributed by atoms with Crippen LogP contribution in [0.3, 0.4) is 0 Å². The lowest BCUT2D eigenvalue weighted by Gasteiger charge is -2.42. The minimum Gasteiger partial charge on any atom is -0.444 e. The van der Waals surface area contributed by atoms with Crippen LogP contribution in [0.5, 0.6) is 0 Å². The first-order valence-electron chi connectivity index (χ1n) is 9.24. The van der Waals surface area contributed by atoms with E-state index in [1.807, 2.05) is 52.1 Å². The Kier molecular flexibility index (Phi) is 7.06. The molecule has 1 aromatic carbocycles. The number of carbonyl (C=O) groups is 1. The molecule has 152 valence electrons. The van der Waals surface area contributed by atoms with E-state index in [9.17, 15) is 15.3 Å². The maximum absolute atomic E-state index is 12.5. The number of benzene rings is 1. The molecule has 0 bridgehead atoms. The minimum atomic E-state index is -2.51. The van der Waals surface area contributed by atoms with Crippen molar-refractivity contribution in [3.8, 4) is 12.1 Å². The molecule has 1 aromatic rings. The summed E-state index contributed by atoms with van der Waals surface area (Å²) in [5.74, 6) is 0. The summed E-state index contributed by atoms with van der Waals surface area (Å²) >= 11 is 0. The molecule has 0 spiro atoms. The summed E-state index contributed by atoms with van der Waals surface area (Å²) in [6.07, 6.45) is -0.713. The summed E-state index contributed by atoms with van der Waals surface area (Å²) in [6, 6.07) is 12.0. The van der Waals surface area contributed by atoms with Crippen molar-refractivity contribution in [2.24, 2.45) is 0 Å². The maximum Gasteiger partial charge on any atom is 0.408 e. The van der Waals surface area contributed by atoms with Crippen LogP contribution in [-0.4, -0.2) is 25.6 Å². The number of hydrogen-bond acceptors (Lipinski definition) is 5. The van der Waals surface area contributed by atoms with E-state index in [-0.39, 0.29) is 5.04 Å². The normalized spacial score (nSPS) is 13.8. The Balaban J connectivity index is 3.44. The number of nitriles is 2. The Morgan fingerprint density at radius 2 is 1.54 bits per heavy atom. The minimum absolute atomic E-state index is 0.223. The number of carbonyl (C=O) groups excluding carboxylic acids is 1. The summed E-state index contributed by atoms with van der Waals surface area (Å²) in [5, 5.41) is 22.5. The molecule has 7 heteroatoms. The smallest absolute Gasteiger partial charge is 0.408 e. The van der Waals surface area contributed by atoms with E-state index in [1.165, 1.54) is 0 Å². The van der Waals surface area contributed by atoms with E-state index in [4.69, 9.17) is 9.16 Å². The molecule has 0 fully saturated rings. The standard InChI is InChI=1S/C21H31N3O3Si/c1-19(2,3)26-18(25)24-17(16-12-10-9-11-13-16)21(14-22,15-23)27-28(7,8)20(4,5)6/h9-13,17H,1-8H3,(H,24,25)/t17-/m1/s1. The van der Waals surface area contributed by atoms with Crippen molar-refractivity contribution in [3.05, 3.63) is 35.9 Å². The number of amides is 1. The molecule has 0 aliphatic carbocycles. The van der Waals surface area contributed by atoms with Gasteiger partial charge in [-0.1, -0.05) is 51.1 Å². The van der Waals surface area contributed by atoms with Crippen molar-refractivity contribution in [2.45, 2.75) is 76.9 Å². The molecule has 1 atom stereocenters. The molecule has 0 aliphatic heterocycles. The largest absolute Gasteiger partial charge is 0.444 e. The molecule has 0 aliphatic rings. The highest BCUT2D eigenvalue weighted by molar-refractivity contribution is 6.74.